The first-order valence-electron chi connectivity index (χ1n) is 5.52. The lowest BCUT2D eigenvalue weighted by Crippen LogP contribution is -2.41. The molecule has 0 aliphatic rings. The van der Waals surface area contributed by atoms with Gasteiger partial charge in [-0.05, 0) is 6.42 Å². The van der Waals surface area contributed by atoms with Gasteiger partial charge in [0.15, 0.2) is 0 Å². The van der Waals surface area contributed by atoms with Crippen molar-refractivity contribution in [2.45, 2.75) is 38.8 Å². The van der Waals surface area contributed by atoms with Crippen molar-refractivity contribution in [3.63, 3.8) is 0 Å². The second-order valence-corrected chi connectivity index (χ2v) is 4.64. The van der Waals surface area contributed by atoms with E-state index < -0.39 is 0 Å². The zero-order valence-electron chi connectivity index (χ0n) is 9.85. The van der Waals surface area contributed by atoms with Gasteiger partial charge in [-0.2, -0.15) is 0 Å². The van der Waals surface area contributed by atoms with Crippen LogP contribution in [0.25, 0.3) is 0 Å². The minimum Gasteiger partial charge on any atom is -0.338 e. The number of hydrogen-bond acceptors (Lipinski definition) is 4. The molecule has 1 aromatic rings. The minimum absolute atomic E-state index is 0.00134. The summed E-state index contributed by atoms with van der Waals surface area (Å²) in [4.78, 5) is 17.6. The zero-order chi connectivity index (χ0) is 12.0. The molecule has 1 heterocycles. The Morgan fingerprint density at radius 2 is 2.44 bits per heavy atom. The van der Waals surface area contributed by atoms with E-state index in [1.165, 1.54) is 11.3 Å². The van der Waals surface area contributed by atoms with Gasteiger partial charge in [-0.3, -0.25) is 4.79 Å². The summed E-state index contributed by atoms with van der Waals surface area (Å²) in [6.07, 6.45) is 2.82. The molecule has 4 nitrogen and oxygen atoms in total. The summed E-state index contributed by atoms with van der Waals surface area (Å²) >= 11 is 1.54. The summed E-state index contributed by atoms with van der Waals surface area (Å²) < 4.78 is 0. The van der Waals surface area contributed by atoms with Crippen LogP contribution in [0, 0.1) is 0 Å². The fourth-order valence-corrected chi connectivity index (χ4v) is 2.02. The highest BCUT2D eigenvalue weighted by atomic mass is 32.1. The number of carbonyl (C=O) groups excluding carboxylic acids is 1. The molecule has 1 atom stereocenters. The van der Waals surface area contributed by atoms with E-state index in [4.69, 9.17) is 5.73 Å². The lowest BCUT2D eigenvalue weighted by molar-refractivity contribution is -0.132. The van der Waals surface area contributed by atoms with E-state index in [9.17, 15) is 4.79 Å². The van der Waals surface area contributed by atoms with Crippen molar-refractivity contribution in [2.75, 3.05) is 7.05 Å². The average molecular weight is 241 g/mol. The molecule has 5 heteroatoms. The van der Waals surface area contributed by atoms with E-state index in [1.54, 1.807) is 17.5 Å². The molecule has 1 aromatic heterocycles. The van der Waals surface area contributed by atoms with E-state index in [0.717, 1.165) is 25.0 Å². The molecular formula is C11H19N3OS. The molecule has 0 fully saturated rings. The fraction of sp³-hybridized carbons (Fsp3) is 0.636. The number of nitrogens with zero attached hydrogens (tertiary/aromatic N) is 2. The van der Waals surface area contributed by atoms with Crippen molar-refractivity contribution < 1.29 is 4.79 Å². The summed E-state index contributed by atoms with van der Waals surface area (Å²) in [7, 11) is 1.77. The molecule has 0 bridgehead atoms. The zero-order valence-corrected chi connectivity index (χ0v) is 10.7. The second-order valence-electron chi connectivity index (χ2n) is 3.92. The Balaban J connectivity index is 2.41. The number of nitrogens with two attached hydrogens (primary N) is 1. The number of thiazole rings is 1. The highest BCUT2D eigenvalue weighted by Gasteiger charge is 2.17. The molecule has 2 N–H and O–H groups in total. The van der Waals surface area contributed by atoms with Gasteiger partial charge >= 0.3 is 0 Å². The van der Waals surface area contributed by atoms with Crippen molar-refractivity contribution in [3.05, 3.63) is 16.6 Å². The van der Waals surface area contributed by atoms with Crippen LogP contribution in [0.2, 0.25) is 0 Å². The Kier molecular flexibility index (Phi) is 5.42. The average Bonchev–Trinajstić information content (AvgIpc) is 2.77. The molecular weight excluding hydrogens is 222 g/mol. The molecule has 0 aliphatic carbocycles. The largest absolute Gasteiger partial charge is 0.338 e. The Hall–Kier alpha value is -0.940. The summed E-state index contributed by atoms with van der Waals surface area (Å²) in [5, 5.41) is 1.95. The van der Waals surface area contributed by atoms with Crippen molar-refractivity contribution in [3.8, 4) is 0 Å². The van der Waals surface area contributed by atoms with E-state index in [1.807, 2.05) is 5.38 Å². The SMILES string of the molecule is CCCCC(N)C(=O)N(C)Cc1cscn1. The Labute approximate surface area is 100 Å². The van der Waals surface area contributed by atoms with Crippen molar-refractivity contribution in [2.24, 2.45) is 5.73 Å². The Bertz CT molecular complexity index is 313. The van der Waals surface area contributed by atoms with Crippen LogP contribution in [-0.2, 0) is 11.3 Å². The number of likely N-dealkylation sites (N-methyl/N-ethyl adjacent to an activating group) is 1. The van der Waals surface area contributed by atoms with Crippen LogP contribution in [0.1, 0.15) is 31.9 Å². The maximum atomic E-state index is 11.9. The van der Waals surface area contributed by atoms with Crippen LogP contribution in [0.4, 0.5) is 0 Å². The third-order valence-corrected chi connectivity index (χ3v) is 3.08. The lowest BCUT2D eigenvalue weighted by atomic mass is 10.1. The van der Waals surface area contributed by atoms with Crippen LogP contribution in [0.15, 0.2) is 10.9 Å². The number of amides is 1. The molecule has 1 amide bonds. The normalized spacial score (nSPS) is 12.4. The fourth-order valence-electron chi connectivity index (χ4n) is 1.47. The van der Waals surface area contributed by atoms with Gasteiger partial charge in [0, 0.05) is 12.4 Å². The number of rotatable bonds is 6. The van der Waals surface area contributed by atoms with Gasteiger partial charge in [-0.1, -0.05) is 19.8 Å². The highest BCUT2D eigenvalue weighted by molar-refractivity contribution is 7.07. The van der Waals surface area contributed by atoms with Gasteiger partial charge in [-0.15, -0.1) is 11.3 Å². The monoisotopic (exact) mass is 241 g/mol. The van der Waals surface area contributed by atoms with Crippen LogP contribution in [-0.4, -0.2) is 28.9 Å². The van der Waals surface area contributed by atoms with Gasteiger partial charge in [0.2, 0.25) is 5.91 Å². The van der Waals surface area contributed by atoms with E-state index in [2.05, 4.69) is 11.9 Å². The third kappa shape index (κ3) is 3.90. The highest BCUT2D eigenvalue weighted by Crippen LogP contribution is 2.07. The van der Waals surface area contributed by atoms with Crippen LogP contribution in [0.3, 0.4) is 0 Å². The first kappa shape index (κ1) is 13.1. The maximum Gasteiger partial charge on any atom is 0.239 e. The number of aromatic nitrogens is 1. The topological polar surface area (TPSA) is 59.2 Å². The van der Waals surface area contributed by atoms with Gasteiger partial charge in [0.05, 0.1) is 23.8 Å². The van der Waals surface area contributed by atoms with Crippen molar-refractivity contribution >= 4 is 17.2 Å². The molecule has 16 heavy (non-hydrogen) atoms. The molecule has 0 spiro atoms. The Morgan fingerprint density at radius 3 is 3.00 bits per heavy atom. The first-order valence-corrected chi connectivity index (χ1v) is 6.47. The minimum atomic E-state index is -0.372. The lowest BCUT2D eigenvalue weighted by Gasteiger charge is -2.20. The van der Waals surface area contributed by atoms with Gasteiger partial charge in [0.25, 0.3) is 0 Å². The quantitative estimate of drug-likeness (QED) is 0.823. The summed E-state index contributed by atoms with van der Waals surface area (Å²) in [5.74, 6) is 0.00134. The predicted octanol–water partition coefficient (Wildman–Crippen LogP) is 1.62. The van der Waals surface area contributed by atoms with E-state index >= 15 is 0 Å². The summed E-state index contributed by atoms with van der Waals surface area (Å²) in [5.41, 5.74) is 8.51. The summed E-state index contributed by atoms with van der Waals surface area (Å²) in [6, 6.07) is -0.372. The molecule has 1 rings (SSSR count). The first-order chi connectivity index (χ1) is 7.65. The number of unbranched alkanes of at least 4 members (excludes halogenated alkanes) is 1. The molecule has 90 valence electrons. The van der Waals surface area contributed by atoms with Crippen LogP contribution < -0.4 is 5.73 Å². The van der Waals surface area contributed by atoms with Crippen molar-refractivity contribution in [1.82, 2.24) is 9.88 Å². The van der Waals surface area contributed by atoms with Gasteiger partial charge < -0.3 is 10.6 Å². The molecule has 1 unspecified atom stereocenters. The van der Waals surface area contributed by atoms with E-state index in [-0.39, 0.29) is 11.9 Å². The van der Waals surface area contributed by atoms with Gasteiger partial charge in [-0.25, -0.2) is 4.98 Å². The smallest absolute Gasteiger partial charge is 0.239 e. The second kappa shape index (κ2) is 6.60. The molecule has 0 saturated carbocycles. The maximum absolute atomic E-state index is 11.9. The molecule has 0 aromatic carbocycles. The molecule has 0 aliphatic heterocycles. The number of carbonyl (C=O) groups is 1. The summed E-state index contributed by atoms with van der Waals surface area (Å²) in [6.45, 7) is 2.64. The molecule has 0 saturated heterocycles. The van der Waals surface area contributed by atoms with Crippen LogP contribution >= 0.6 is 11.3 Å². The van der Waals surface area contributed by atoms with E-state index in [0.29, 0.717) is 6.54 Å². The molecule has 0 radical (unpaired) electrons. The predicted molar refractivity (Wildman–Crippen MR) is 66.1 cm³/mol. The van der Waals surface area contributed by atoms with Gasteiger partial charge in [0.1, 0.15) is 0 Å². The standard InChI is InChI=1S/C11H19N3OS/c1-3-4-5-10(12)11(15)14(2)6-9-7-16-8-13-9/h7-8,10H,3-6,12H2,1-2H3. The van der Waals surface area contributed by atoms with Crippen molar-refractivity contribution in [1.29, 1.82) is 0 Å². The third-order valence-electron chi connectivity index (χ3n) is 2.44. The van der Waals surface area contributed by atoms with Crippen LogP contribution in [0.5, 0.6) is 0 Å². The number of hydrogen-bond donors (Lipinski definition) is 1. The Morgan fingerprint density at radius 1 is 1.69 bits per heavy atom.